The van der Waals surface area contributed by atoms with Crippen molar-refractivity contribution in [2.24, 2.45) is 0 Å². The van der Waals surface area contributed by atoms with E-state index in [1.54, 1.807) is 0 Å². The zero-order valence-corrected chi connectivity index (χ0v) is 14.1. The quantitative estimate of drug-likeness (QED) is 0.501. The minimum absolute atomic E-state index is 0.109. The summed E-state index contributed by atoms with van der Waals surface area (Å²) in [4.78, 5) is 0. The van der Waals surface area contributed by atoms with E-state index >= 15 is 0 Å². The Balaban J connectivity index is 3.99. The van der Waals surface area contributed by atoms with Crippen LogP contribution in [0.3, 0.4) is 0 Å². The van der Waals surface area contributed by atoms with Crippen LogP contribution in [0.5, 0.6) is 0 Å². The number of hydrogen-bond acceptors (Lipinski definition) is 4. The second-order valence-electron chi connectivity index (χ2n) is 7.26. The van der Waals surface area contributed by atoms with E-state index in [-0.39, 0.29) is 16.8 Å². The molecule has 4 nitrogen and oxygen atoms in total. The molecule has 19 heavy (non-hydrogen) atoms. The predicted octanol–water partition coefficient (Wildman–Crippen LogP) is 2.88. The Labute approximate surface area is 119 Å². The highest BCUT2D eigenvalue weighted by Crippen LogP contribution is 2.24. The molecule has 0 aromatic heterocycles. The molecule has 0 radical (unpaired) electrons. The summed E-state index contributed by atoms with van der Waals surface area (Å²) in [7, 11) is 1.88. The molecule has 0 aliphatic carbocycles. The van der Waals surface area contributed by atoms with E-state index in [4.69, 9.17) is 9.47 Å². The predicted molar refractivity (Wildman–Crippen MR) is 81.2 cm³/mol. The van der Waals surface area contributed by atoms with Gasteiger partial charge in [-0.15, -0.1) is 0 Å². The highest BCUT2D eigenvalue weighted by Gasteiger charge is 2.27. The van der Waals surface area contributed by atoms with Crippen LogP contribution in [0.25, 0.3) is 0 Å². The van der Waals surface area contributed by atoms with Crippen molar-refractivity contribution in [1.29, 1.82) is 0 Å². The summed E-state index contributed by atoms with van der Waals surface area (Å²) in [6, 6.07) is 0. The fraction of sp³-hybridized carbons (Fsp3) is 1.00. The Morgan fingerprint density at radius 3 is 1.89 bits per heavy atom. The zero-order valence-electron chi connectivity index (χ0n) is 14.1. The van der Waals surface area contributed by atoms with Gasteiger partial charge in [-0.05, 0) is 68.4 Å². The van der Waals surface area contributed by atoms with Crippen LogP contribution in [0.1, 0.15) is 61.3 Å². The van der Waals surface area contributed by atoms with Crippen molar-refractivity contribution in [2.75, 3.05) is 20.2 Å². The lowest BCUT2D eigenvalue weighted by Crippen LogP contribution is -2.38. The molecular weight excluding hydrogens is 240 g/mol. The first-order chi connectivity index (χ1) is 8.47. The van der Waals surface area contributed by atoms with E-state index in [9.17, 15) is 0 Å². The van der Waals surface area contributed by atoms with Gasteiger partial charge in [-0.3, -0.25) is 10.9 Å². The van der Waals surface area contributed by atoms with Crippen LogP contribution < -0.4 is 10.9 Å². The molecule has 0 rings (SSSR count). The Hall–Kier alpha value is -0.160. The highest BCUT2D eigenvalue weighted by molar-refractivity contribution is 4.76. The summed E-state index contributed by atoms with van der Waals surface area (Å²) in [6.07, 6.45) is 1.86. The third-order valence-corrected chi connectivity index (χ3v) is 2.81. The van der Waals surface area contributed by atoms with Gasteiger partial charge in [0.2, 0.25) is 0 Å². The molecule has 0 saturated carbocycles. The molecule has 0 aliphatic heterocycles. The molecule has 0 aromatic rings. The molecule has 0 spiro atoms. The lowest BCUT2D eigenvalue weighted by molar-refractivity contribution is -0.132. The SMILES string of the molecule is CNNCCC(C)(C)OCCC(C)(C)OC(C)(C)C. The van der Waals surface area contributed by atoms with Gasteiger partial charge in [0.1, 0.15) is 0 Å². The molecule has 2 N–H and O–H groups in total. The van der Waals surface area contributed by atoms with Crippen molar-refractivity contribution in [1.82, 2.24) is 10.9 Å². The number of ether oxygens (including phenoxy) is 2. The molecule has 0 aromatic carbocycles. The topological polar surface area (TPSA) is 42.5 Å². The standard InChI is InChI=1S/C15H34N2O2/c1-13(2,3)19-15(6,7)10-12-18-14(4,5)9-11-17-16-8/h16-17H,9-12H2,1-8H3. The Kier molecular flexibility index (Phi) is 7.51. The van der Waals surface area contributed by atoms with Crippen LogP contribution in [-0.2, 0) is 9.47 Å². The van der Waals surface area contributed by atoms with Gasteiger partial charge in [0.15, 0.2) is 0 Å². The first kappa shape index (κ1) is 18.8. The summed E-state index contributed by atoms with van der Waals surface area (Å²) >= 11 is 0. The number of nitrogens with one attached hydrogen (secondary N) is 2. The van der Waals surface area contributed by atoms with Gasteiger partial charge < -0.3 is 9.47 Å². The van der Waals surface area contributed by atoms with E-state index in [0.29, 0.717) is 0 Å². The van der Waals surface area contributed by atoms with Crippen molar-refractivity contribution >= 4 is 0 Å². The van der Waals surface area contributed by atoms with Gasteiger partial charge in [-0.1, -0.05) is 0 Å². The van der Waals surface area contributed by atoms with Crippen LogP contribution >= 0.6 is 0 Å². The Morgan fingerprint density at radius 1 is 0.842 bits per heavy atom. The molecule has 0 fully saturated rings. The van der Waals surface area contributed by atoms with Gasteiger partial charge >= 0.3 is 0 Å². The Morgan fingerprint density at radius 2 is 1.42 bits per heavy atom. The maximum atomic E-state index is 6.04. The van der Waals surface area contributed by atoms with Gasteiger partial charge in [-0.2, -0.15) is 0 Å². The first-order valence-corrected chi connectivity index (χ1v) is 7.21. The third-order valence-electron chi connectivity index (χ3n) is 2.81. The summed E-state index contributed by atoms with van der Waals surface area (Å²) in [5.41, 5.74) is 5.63. The molecule has 0 amide bonds. The molecule has 0 unspecified atom stereocenters. The normalized spacial score (nSPS) is 13.9. The lowest BCUT2D eigenvalue weighted by Gasteiger charge is -2.35. The maximum absolute atomic E-state index is 6.04. The Bertz CT molecular complexity index is 245. The van der Waals surface area contributed by atoms with Crippen LogP contribution in [-0.4, -0.2) is 37.0 Å². The van der Waals surface area contributed by atoms with Crippen LogP contribution in [0, 0.1) is 0 Å². The average Bonchev–Trinajstić information content (AvgIpc) is 2.12. The summed E-state index contributed by atoms with van der Waals surface area (Å²) in [6.45, 7) is 16.4. The first-order valence-electron chi connectivity index (χ1n) is 7.21. The monoisotopic (exact) mass is 274 g/mol. The largest absolute Gasteiger partial charge is 0.375 e. The number of hydrazine groups is 1. The second-order valence-corrected chi connectivity index (χ2v) is 7.26. The summed E-state index contributed by atoms with van der Waals surface area (Å²) in [5, 5.41) is 0. The lowest BCUT2D eigenvalue weighted by atomic mass is 10.0. The highest BCUT2D eigenvalue weighted by atomic mass is 16.5. The number of rotatable bonds is 9. The summed E-state index contributed by atoms with van der Waals surface area (Å²) < 4.78 is 12.0. The third kappa shape index (κ3) is 11.4. The van der Waals surface area contributed by atoms with Gasteiger partial charge in [0.25, 0.3) is 0 Å². The van der Waals surface area contributed by atoms with Crippen molar-refractivity contribution in [3.8, 4) is 0 Å². The maximum Gasteiger partial charge on any atom is 0.0655 e. The van der Waals surface area contributed by atoms with E-state index in [1.807, 2.05) is 7.05 Å². The van der Waals surface area contributed by atoms with Crippen LogP contribution in [0.4, 0.5) is 0 Å². The smallest absolute Gasteiger partial charge is 0.0655 e. The van der Waals surface area contributed by atoms with Gasteiger partial charge in [-0.25, -0.2) is 0 Å². The van der Waals surface area contributed by atoms with E-state index in [1.165, 1.54) is 0 Å². The number of hydrogen-bond donors (Lipinski definition) is 2. The van der Waals surface area contributed by atoms with Crippen LogP contribution in [0.15, 0.2) is 0 Å². The van der Waals surface area contributed by atoms with Crippen molar-refractivity contribution in [3.63, 3.8) is 0 Å². The van der Waals surface area contributed by atoms with Gasteiger partial charge in [0, 0.05) is 6.54 Å². The average molecular weight is 274 g/mol. The van der Waals surface area contributed by atoms with E-state index < -0.39 is 0 Å². The van der Waals surface area contributed by atoms with Crippen molar-refractivity contribution in [3.05, 3.63) is 0 Å². The molecular formula is C15H34N2O2. The zero-order chi connectivity index (χ0) is 15.2. The minimum atomic E-state index is -0.155. The van der Waals surface area contributed by atoms with Crippen molar-refractivity contribution < 1.29 is 9.47 Å². The molecule has 4 heteroatoms. The molecule has 0 aliphatic rings. The van der Waals surface area contributed by atoms with E-state index in [2.05, 4.69) is 59.3 Å². The minimum Gasteiger partial charge on any atom is -0.375 e. The molecule has 0 atom stereocenters. The second kappa shape index (κ2) is 7.58. The fourth-order valence-corrected chi connectivity index (χ4v) is 2.01. The van der Waals surface area contributed by atoms with E-state index in [0.717, 1.165) is 26.0 Å². The van der Waals surface area contributed by atoms with Crippen LogP contribution in [0.2, 0.25) is 0 Å². The molecule has 0 bridgehead atoms. The fourth-order valence-electron chi connectivity index (χ4n) is 2.01. The molecule has 0 heterocycles. The molecule has 116 valence electrons. The van der Waals surface area contributed by atoms with Gasteiger partial charge in [0.05, 0.1) is 23.4 Å². The molecule has 0 saturated heterocycles. The summed E-state index contributed by atoms with van der Waals surface area (Å²) in [5.74, 6) is 0. The van der Waals surface area contributed by atoms with Crippen molar-refractivity contribution in [2.45, 2.75) is 78.1 Å².